The predicted octanol–water partition coefficient (Wildman–Crippen LogP) is 2.71. The lowest BCUT2D eigenvalue weighted by Gasteiger charge is -2.32. The second kappa shape index (κ2) is 6.61. The van der Waals surface area contributed by atoms with Crippen LogP contribution in [0, 0.1) is 0 Å². The summed E-state index contributed by atoms with van der Waals surface area (Å²) < 4.78 is 0. The number of aryl methyl sites for hydroxylation is 1. The van der Waals surface area contributed by atoms with Crippen LogP contribution in [0.5, 0.6) is 0 Å². The number of carbonyl (C=O) groups excluding carboxylic acids is 1. The number of nitrogens with one attached hydrogen (secondary N) is 1. The van der Waals surface area contributed by atoms with Gasteiger partial charge >= 0.3 is 0 Å². The van der Waals surface area contributed by atoms with Gasteiger partial charge in [0, 0.05) is 19.6 Å². The Morgan fingerprint density at radius 2 is 2.10 bits per heavy atom. The van der Waals surface area contributed by atoms with Crippen LogP contribution in [0.15, 0.2) is 24.3 Å². The number of hydrogen-bond donors (Lipinski definition) is 1. The van der Waals surface area contributed by atoms with E-state index in [4.69, 9.17) is 0 Å². The van der Waals surface area contributed by atoms with Gasteiger partial charge in [0.2, 0.25) is 5.91 Å². The van der Waals surface area contributed by atoms with Gasteiger partial charge in [0.05, 0.1) is 5.92 Å². The maximum Gasteiger partial charge on any atom is 0.229 e. The number of hydrogen-bond acceptors (Lipinski definition) is 2. The summed E-state index contributed by atoms with van der Waals surface area (Å²) in [6.07, 6.45) is 6.99. The number of likely N-dealkylation sites (N-methyl/N-ethyl adjacent to an activating group) is 1. The number of amides is 1. The molecule has 2 aliphatic rings. The van der Waals surface area contributed by atoms with E-state index < -0.39 is 0 Å². The SMILES string of the molecule is CN(CC1CCCCN1)C(=O)C1CCCc2ccccc21. The van der Waals surface area contributed by atoms with E-state index in [-0.39, 0.29) is 5.92 Å². The minimum absolute atomic E-state index is 0.0727. The number of benzene rings is 1. The first-order valence-electron chi connectivity index (χ1n) is 8.32. The molecule has 0 aromatic heterocycles. The number of piperidine rings is 1. The molecule has 1 fully saturated rings. The van der Waals surface area contributed by atoms with E-state index in [0.717, 1.165) is 32.4 Å². The summed E-state index contributed by atoms with van der Waals surface area (Å²) in [5.74, 6) is 0.373. The average Bonchev–Trinajstić information content (AvgIpc) is 2.54. The molecule has 1 saturated heterocycles. The third-order valence-electron chi connectivity index (χ3n) is 4.95. The molecule has 1 amide bonds. The van der Waals surface area contributed by atoms with Crippen molar-refractivity contribution in [3.63, 3.8) is 0 Å². The molecule has 3 heteroatoms. The van der Waals surface area contributed by atoms with Crippen LogP contribution in [0.1, 0.15) is 49.1 Å². The highest BCUT2D eigenvalue weighted by Crippen LogP contribution is 2.32. The lowest BCUT2D eigenvalue weighted by Crippen LogP contribution is -2.45. The zero-order valence-electron chi connectivity index (χ0n) is 13.0. The Morgan fingerprint density at radius 1 is 1.24 bits per heavy atom. The topological polar surface area (TPSA) is 32.3 Å². The summed E-state index contributed by atoms with van der Waals surface area (Å²) in [7, 11) is 1.97. The Bertz CT molecular complexity index is 494. The van der Waals surface area contributed by atoms with Crippen LogP contribution in [0.2, 0.25) is 0 Å². The zero-order valence-corrected chi connectivity index (χ0v) is 13.0. The Kier molecular flexibility index (Phi) is 4.59. The molecule has 0 saturated carbocycles. The standard InChI is InChI=1S/C18H26N2O/c1-20(13-15-9-4-5-12-19-15)18(21)17-11-6-8-14-7-2-3-10-16(14)17/h2-3,7,10,15,17,19H,4-6,8-9,11-13H2,1H3. The molecular weight excluding hydrogens is 260 g/mol. The van der Waals surface area contributed by atoms with Gasteiger partial charge in [0.1, 0.15) is 0 Å². The summed E-state index contributed by atoms with van der Waals surface area (Å²) in [4.78, 5) is 14.8. The first-order valence-corrected chi connectivity index (χ1v) is 8.32. The lowest BCUT2D eigenvalue weighted by atomic mass is 9.82. The van der Waals surface area contributed by atoms with Gasteiger partial charge in [-0.25, -0.2) is 0 Å². The molecule has 1 heterocycles. The normalized spacial score (nSPS) is 25.2. The van der Waals surface area contributed by atoms with Gasteiger partial charge in [-0.3, -0.25) is 4.79 Å². The number of fused-ring (bicyclic) bond motifs is 1. The van der Waals surface area contributed by atoms with Gasteiger partial charge in [-0.05, 0) is 49.8 Å². The molecule has 21 heavy (non-hydrogen) atoms. The van der Waals surface area contributed by atoms with E-state index in [9.17, 15) is 4.79 Å². The summed E-state index contributed by atoms with van der Waals surface area (Å²) in [6, 6.07) is 8.95. The maximum atomic E-state index is 12.8. The van der Waals surface area contributed by atoms with Crippen molar-refractivity contribution in [1.82, 2.24) is 10.2 Å². The molecule has 1 aromatic rings. The third kappa shape index (κ3) is 3.29. The van der Waals surface area contributed by atoms with Crippen LogP contribution in [0.3, 0.4) is 0 Å². The first kappa shape index (κ1) is 14.6. The lowest BCUT2D eigenvalue weighted by molar-refractivity contribution is -0.132. The van der Waals surface area contributed by atoms with Gasteiger partial charge < -0.3 is 10.2 Å². The fourth-order valence-electron chi connectivity index (χ4n) is 3.78. The molecule has 3 rings (SSSR count). The van der Waals surface area contributed by atoms with Crippen LogP contribution in [0.25, 0.3) is 0 Å². The number of nitrogens with zero attached hydrogens (tertiary/aromatic N) is 1. The minimum Gasteiger partial charge on any atom is -0.344 e. The second-order valence-electron chi connectivity index (χ2n) is 6.51. The number of rotatable bonds is 3. The van der Waals surface area contributed by atoms with Crippen LogP contribution >= 0.6 is 0 Å². The molecular formula is C18H26N2O. The molecule has 114 valence electrons. The Labute approximate surface area is 127 Å². The molecule has 1 aliphatic heterocycles. The van der Waals surface area contributed by atoms with Crippen molar-refractivity contribution < 1.29 is 4.79 Å². The monoisotopic (exact) mass is 286 g/mol. The van der Waals surface area contributed by atoms with E-state index >= 15 is 0 Å². The highest BCUT2D eigenvalue weighted by molar-refractivity contribution is 5.84. The van der Waals surface area contributed by atoms with E-state index in [1.165, 1.54) is 30.4 Å². The molecule has 1 aromatic carbocycles. The molecule has 0 spiro atoms. The van der Waals surface area contributed by atoms with Crippen LogP contribution in [-0.2, 0) is 11.2 Å². The Balaban J connectivity index is 1.67. The van der Waals surface area contributed by atoms with Gasteiger partial charge in [0.25, 0.3) is 0 Å². The summed E-state index contributed by atoms with van der Waals surface area (Å²) in [5.41, 5.74) is 2.63. The van der Waals surface area contributed by atoms with Gasteiger partial charge in [-0.15, -0.1) is 0 Å². The largest absolute Gasteiger partial charge is 0.344 e. The predicted molar refractivity (Wildman–Crippen MR) is 85.4 cm³/mol. The number of carbonyl (C=O) groups is 1. The molecule has 1 aliphatic carbocycles. The van der Waals surface area contributed by atoms with Crippen molar-refractivity contribution in [3.8, 4) is 0 Å². The smallest absolute Gasteiger partial charge is 0.229 e. The van der Waals surface area contributed by atoms with Crippen LogP contribution < -0.4 is 5.32 Å². The molecule has 2 atom stereocenters. The van der Waals surface area contributed by atoms with Crippen molar-refractivity contribution in [1.29, 1.82) is 0 Å². The summed E-state index contributed by atoms with van der Waals surface area (Å²) in [6.45, 7) is 1.94. The fourth-order valence-corrected chi connectivity index (χ4v) is 3.78. The Hall–Kier alpha value is -1.35. The van der Waals surface area contributed by atoms with Gasteiger partial charge in [0.15, 0.2) is 0 Å². The molecule has 2 unspecified atom stereocenters. The Morgan fingerprint density at radius 3 is 2.90 bits per heavy atom. The van der Waals surface area contributed by atoms with E-state index in [2.05, 4.69) is 29.6 Å². The highest BCUT2D eigenvalue weighted by atomic mass is 16.2. The molecule has 3 nitrogen and oxygen atoms in total. The zero-order chi connectivity index (χ0) is 14.7. The quantitative estimate of drug-likeness (QED) is 0.926. The maximum absolute atomic E-state index is 12.8. The summed E-state index contributed by atoms with van der Waals surface area (Å²) >= 11 is 0. The first-order chi connectivity index (χ1) is 10.3. The molecule has 0 bridgehead atoms. The van der Waals surface area contributed by atoms with Crippen LogP contribution in [-0.4, -0.2) is 37.0 Å². The molecule has 1 N–H and O–H groups in total. The average molecular weight is 286 g/mol. The van der Waals surface area contributed by atoms with Gasteiger partial charge in [-0.2, -0.15) is 0 Å². The van der Waals surface area contributed by atoms with Gasteiger partial charge in [-0.1, -0.05) is 30.7 Å². The van der Waals surface area contributed by atoms with E-state index in [0.29, 0.717) is 11.9 Å². The fraction of sp³-hybridized carbons (Fsp3) is 0.611. The van der Waals surface area contributed by atoms with Crippen LogP contribution in [0.4, 0.5) is 0 Å². The van der Waals surface area contributed by atoms with Crippen molar-refractivity contribution in [2.75, 3.05) is 20.1 Å². The van der Waals surface area contributed by atoms with E-state index in [1.807, 2.05) is 11.9 Å². The summed E-state index contributed by atoms with van der Waals surface area (Å²) in [5, 5.41) is 3.53. The molecule has 0 radical (unpaired) electrons. The van der Waals surface area contributed by atoms with Crippen molar-refractivity contribution in [2.24, 2.45) is 0 Å². The third-order valence-corrected chi connectivity index (χ3v) is 4.95. The van der Waals surface area contributed by atoms with E-state index in [1.54, 1.807) is 0 Å². The van der Waals surface area contributed by atoms with Crippen molar-refractivity contribution in [3.05, 3.63) is 35.4 Å². The second-order valence-corrected chi connectivity index (χ2v) is 6.51. The van der Waals surface area contributed by atoms with Crippen molar-refractivity contribution in [2.45, 2.75) is 50.5 Å². The highest BCUT2D eigenvalue weighted by Gasteiger charge is 2.29. The minimum atomic E-state index is 0.0727. The van der Waals surface area contributed by atoms with Crippen molar-refractivity contribution >= 4 is 5.91 Å².